The van der Waals surface area contributed by atoms with Crippen LogP contribution < -0.4 is 10.6 Å². The maximum Gasteiger partial charge on any atom is 0.191 e. The molecule has 1 aliphatic heterocycles. The van der Waals surface area contributed by atoms with Crippen LogP contribution in [-0.4, -0.2) is 67.4 Å². The quantitative estimate of drug-likeness (QED) is 0.504. The average molecular weight is 352 g/mol. The Bertz CT molecular complexity index is 530. The Morgan fingerprint density at radius 3 is 2.96 bits per heavy atom. The molecule has 1 aromatic rings. The molecule has 0 spiro atoms. The van der Waals surface area contributed by atoms with Gasteiger partial charge in [-0.3, -0.25) is 4.90 Å². The molecule has 1 aromatic heterocycles. The molecule has 0 aromatic carbocycles. The Balaban J connectivity index is 1.91. The fraction of sp³-hybridized carbons (Fsp3) is 0.722. The Labute approximate surface area is 150 Å². The van der Waals surface area contributed by atoms with E-state index in [1.807, 2.05) is 6.92 Å². The van der Waals surface area contributed by atoms with Crippen molar-refractivity contribution in [3.05, 3.63) is 24.2 Å². The zero-order valence-corrected chi connectivity index (χ0v) is 15.8. The number of rotatable bonds is 7. The first-order chi connectivity index (χ1) is 11.9. The van der Waals surface area contributed by atoms with Crippen LogP contribution in [0.1, 0.15) is 33.5 Å². The van der Waals surface area contributed by atoms with Crippen molar-refractivity contribution < 1.29 is 14.3 Å². The van der Waals surface area contributed by atoms with Crippen LogP contribution in [0.2, 0.25) is 0 Å². The SMILES string of the molecule is CCNC(=NCC(C)(O)c1ccco1)NCC(C)N1CCOCC1C. The number of nitrogens with zero attached hydrogens (tertiary/aromatic N) is 2. The molecule has 1 fully saturated rings. The summed E-state index contributed by atoms with van der Waals surface area (Å²) in [5.41, 5.74) is -1.13. The molecule has 0 amide bonds. The number of aliphatic imine (C=N–C) groups is 1. The molecule has 7 nitrogen and oxygen atoms in total. The van der Waals surface area contributed by atoms with Crippen molar-refractivity contribution >= 4 is 5.96 Å². The van der Waals surface area contributed by atoms with Crippen LogP contribution in [0.4, 0.5) is 0 Å². The van der Waals surface area contributed by atoms with E-state index in [-0.39, 0.29) is 6.54 Å². The number of nitrogens with one attached hydrogen (secondary N) is 2. The highest BCUT2D eigenvalue weighted by atomic mass is 16.5. The van der Waals surface area contributed by atoms with Crippen LogP contribution in [-0.2, 0) is 10.3 Å². The van der Waals surface area contributed by atoms with Crippen molar-refractivity contribution in [2.45, 2.75) is 45.4 Å². The normalized spacial score (nSPS) is 23.1. The molecule has 3 atom stereocenters. The van der Waals surface area contributed by atoms with Gasteiger partial charge in [0.1, 0.15) is 11.4 Å². The molecule has 1 aliphatic rings. The van der Waals surface area contributed by atoms with Crippen LogP contribution >= 0.6 is 0 Å². The van der Waals surface area contributed by atoms with Gasteiger partial charge in [0.2, 0.25) is 0 Å². The molecule has 142 valence electrons. The molecule has 3 unspecified atom stereocenters. The fourth-order valence-electron chi connectivity index (χ4n) is 2.99. The highest BCUT2D eigenvalue weighted by Gasteiger charge is 2.26. The van der Waals surface area contributed by atoms with Crippen molar-refractivity contribution in [2.24, 2.45) is 4.99 Å². The summed E-state index contributed by atoms with van der Waals surface area (Å²) in [4.78, 5) is 6.96. The molecule has 0 saturated carbocycles. The minimum Gasteiger partial charge on any atom is -0.466 e. The van der Waals surface area contributed by atoms with Crippen LogP contribution in [0.15, 0.2) is 27.8 Å². The lowest BCUT2D eigenvalue weighted by Gasteiger charge is -2.38. The molecule has 3 N–H and O–H groups in total. The number of hydrogen-bond acceptors (Lipinski definition) is 5. The van der Waals surface area contributed by atoms with Gasteiger partial charge in [0.05, 0.1) is 26.0 Å². The highest BCUT2D eigenvalue weighted by Crippen LogP contribution is 2.21. The molecule has 0 aliphatic carbocycles. The Morgan fingerprint density at radius 2 is 2.32 bits per heavy atom. The third kappa shape index (κ3) is 5.73. The summed E-state index contributed by atoms with van der Waals surface area (Å²) in [5, 5.41) is 17.1. The monoisotopic (exact) mass is 352 g/mol. The van der Waals surface area contributed by atoms with Gasteiger partial charge < -0.3 is 24.9 Å². The van der Waals surface area contributed by atoms with E-state index in [1.54, 1.807) is 25.3 Å². The van der Waals surface area contributed by atoms with Crippen molar-refractivity contribution in [3.8, 4) is 0 Å². The summed E-state index contributed by atoms with van der Waals surface area (Å²) < 4.78 is 10.8. The number of hydrogen-bond donors (Lipinski definition) is 3. The van der Waals surface area contributed by atoms with Crippen LogP contribution in [0, 0.1) is 0 Å². The van der Waals surface area contributed by atoms with E-state index in [0.29, 0.717) is 23.8 Å². The Morgan fingerprint density at radius 1 is 1.52 bits per heavy atom. The molecule has 2 heterocycles. The standard InChI is InChI=1S/C18H32N4O3/c1-5-19-17(21-13-18(4,23)16-7-6-9-25-16)20-11-14(2)22-8-10-24-12-15(22)3/h6-7,9,14-15,23H,5,8,10-13H2,1-4H3,(H2,19,20,21). The van der Waals surface area contributed by atoms with Crippen molar-refractivity contribution in [3.63, 3.8) is 0 Å². The first-order valence-corrected chi connectivity index (χ1v) is 9.06. The van der Waals surface area contributed by atoms with Crippen LogP contribution in [0.5, 0.6) is 0 Å². The van der Waals surface area contributed by atoms with Gasteiger partial charge in [-0.05, 0) is 39.8 Å². The van der Waals surface area contributed by atoms with Gasteiger partial charge in [-0.25, -0.2) is 4.99 Å². The fourth-order valence-corrected chi connectivity index (χ4v) is 2.99. The zero-order valence-electron chi connectivity index (χ0n) is 15.8. The van der Waals surface area contributed by atoms with E-state index in [2.05, 4.69) is 34.4 Å². The van der Waals surface area contributed by atoms with Gasteiger partial charge in [-0.2, -0.15) is 0 Å². The van der Waals surface area contributed by atoms with E-state index in [0.717, 1.165) is 32.8 Å². The molecule has 2 rings (SSSR count). The average Bonchev–Trinajstić information content (AvgIpc) is 3.13. The third-order valence-electron chi connectivity index (χ3n) is 4.49. The number of morpholine rings is 1. The molecule has 1 saturated heterocycles. The number of ether oxygens (including phenoxy) is 1. The van der Waals surface area contributed by atoms with Crippen LogP contribution in [0.25, 0.3) is 0 Å². The van der Waals surface area contributed by atoms with E-state index in [9.17, 15) is 5.11 Å². The summed E-state index contributed by atoms with van der Waals surface area (Å²) in [6.07, 6.45) is 1.56. The zero-order chi connectivity index (χ0) is 18.3. The lowest BCUT2D eigenvalue weighted by Crippen LogP contribution is -2.53. The van der Waals surface area contributed by atoms with E-state index in [1.165, 1.54) is 0 Å². The molecule has 7 heteroatoms. The topological polar surface area (TPSA) is 82.3 Å². The van der Waals surface area contributed by atoms with Crippen molar-refractivity contribution in [1.82, 2.24) is 15.5 Å². The van der Waals surface area contributed by atoms with Gasteiger partial charge in [0, 0.05) is 31.7 Å². The highest BCUT2D eigenvalue weighted by molar-refractivity contribution is 5.79. The molecule has 25 heavy (non-hydrogen) atoms. The lowest BCUT2D eigenvalue weighted by atomic mass is 10.0. The third-order valence-corrected chi connectivity index (χ3v) is 4.49. The Hall–Kier alpha value is -1.57. The van der Waals surface area contributed by atoms with Gasteiger partial charge >= 0.3 is 0 Å². The molecule has 0 bridgehead atoms. The first kappa shape index (κ1) is 19.8. The number of furan rings is 1. The second-order valence-corrected chi connectivity index (χ2v) is 6.84. The van der Waals surface area contributed by atoms with E-state index in [4.69, 9.17) is 9.15 Å². The van der Waals surface area contributed by atoms with Gasteiger partial charge in [-0.15, -0.1) is 0 Å². The van der Waals surface area contributed by atoms with Crippen molar-refractivity contribution in [1.29, 1.82) is 0 Å². The number of guanidine groups is 1. The predicted octanol–water partition coefficient (Wildman–Crippen LogP) is 1.15. The maximum atomic E-state index is 10.5. The predicted molar refractivity (Wildman–Crippen MR) is 98.7 cm³/mol. The first-order valence-electron chi connectivity index (χ1n) is 9.06. The second-order valence-electron chi connectivity index (χ2n) is 6.84. The van der Waals surface area contributed by atoms with Gasteiger partial charge in [0.25, 0.3) is 0 Å². The van der Waals surface area contributed by atoms with Crippen LogP contribution in [0.3, 0.4) is 0 Å². The van der Waals surface area contributed by atoms with Gasteiger partial charge in [0.15, 0.2) is 5.96 Å². The lowest BCUT2D eigenvalue weighted by molar-refractivity contribution is -0.0174. The summed E-state index contributed by atoms with van der Waals surface area (Å²) >= 11 is 0. The maximum absolute atomic E-state index is 10.5. The smallest absolute Gasteiger partial charge is 0.191 e. The van der Waals surface area contributed by atoms with E-state index < -0.39 is 5.60 Å². The molecule has 0 radical (unpaired) electrons. The second kappa shape index (κ2) is 9.22. The summed E-state index contributed by atoms with van der Waals surface area (Å²) in [7, 11) is 0. The van der Waals surface area contributed by atoms with Crippen molar-refractivity contribution in [2.75, 3.05) is 39.4 Å². The molecular weight excluding hydrogens is 320 g/mol. The Kier molecular flexibility index (Phi) is 7.28. The summed E-state index contributed by atoms with van der Waals surface area (Å²) in [6, 6.07) is 4.32. The largest absolute Gasteiger partial charge is 0.466 e. The summed E-state index contributed by atoms with van der Waals surface area (Å²) in [5.74, 6) is 1.21. The minimum atomic E-state index is -1.13. The van der Waals surface area contributed by atoms with Gasteiger partial charge in [-0.1, -0.05) is 0 Å². The minimum absolute atomic E-state index is 0.220. The van der Waals surface area contributed by atoms with E-state index >= 15 is 0 Å². The number of aliphatic hydroxyl groups is 1. The summed E-state index contributed by atoms with van der Waals surface area (Å²) in [6.45, 7) is 12.4. The molecular formula is C18H32N4O3.